The van der Waals surface area contributed by atoms with Gasteiger partial charge in [0.05, 0.1) is 6.10 Å². The van der Waals surface area contributed by atoms with Crippen LogP contribution >= 0.6 is 0 Å². The Hall–Kier alpha value is -1.15. The molecule has 0 bridgehead atoms. The Morgan fingerprint density at radius 1 is 1.59 bits per heavy atom. The molecule has 0 fully saturated rings. The zero-order valence-corrected chi connectivity index (χ0v) is 11.0. The van der Waals surface area contributed by atoms with Crippen molar-refractivity contribution in [3.05, 3.63) is 35.5 Å². The monoisotopic (exact) mass is 234 g/mol. The molecule has 0 heterocycles. The Morgan fingerprint density at radius 3 is 2.82 bits per heavy atom. The molecule has 17 heavy (non-hydrogen) atoms. The molecule has 0 saturated carbocycles. The van der Waals surface area contributed by atoms with E-state index in [1.807, 2.05) is 0 Å². The molecule has 0 amide bonds. The zero-order valence-electron chi connectivity index (χ0n) is 11.0. The molecule has 94 valence electrons. The van der Waals surface area contributed by atoms with Gasteiger partial charge in [0.1, 0.15) is 0 Å². The molecule has 0 spiro atoms. The highest BCUT2D eigenvalue weighted by Crippen LogP contribution is 2.29. The fourth-order valence-corrected chi connectivity index (χ4v) is 2.06. The van der Waals surface area contributed by atoms with Crippen molar-refractivity contribution in [1.29, 1.82) is 0 Å². The summed E-state index contributed by atoms with van der Waals surface area (Å²) < 4.78 is 0. The Kier molecular flexibility index (Phi) is 4.88. The van der Waals surface area contributed by atoms with Crippen LogP contribution < -0.4 is 0 Å². The largest absolute Gasteiger partial charge is 0.388 e. The van der Waals surface area contributed by atoms with Crippen LogP contribution in [0.15, 0.2) is 35.5 Å². The second kappa shape index (κ2) is 5.97. The van der Waals surface area contributed by atoms with Crippen LogP contribution in [-0.4, -0.2) is 17.0 Å². The molecule has 0 unspecified atom stereocenters. The number of hydrogen-bond acceptors (Lipinski definition) is 2. The van der Waals surface area contributed by atoms with Crippen molar-refractivity contribution in [2.24, 2.45) is 5.92 Å². The van der Waals surface area contributed by atoms with Crippen molar-refractivity contribution in [1.82, 2.24) is 0 Å². The maximum absolute atomic E-state index is 11.6. The lowest BCUT2D eigenvalue weighted by atomic mass is 9.81. The highest BCUT2D eigenvalue weighted by molar-refractivity contribution is 5.96. The smallest absolute Gasteiger partial charge is 0.159 e. The van der Waals surface area contributed by atoms with Crippen LogP contribution in [0.4, 0.5) is 0 Å². The Labute approximate surface area is 104 Å². The third-order valence-electron chi connectivity index (χ3n) is 3.22. The number of Topliss-reactive ketones (excluding diaryl/α,β-unsaturated/α-hetero) is 1. The average Bonchev–Trinajstić information content (AvgIpc) is 2.22. The first kappa shape index (κ1) is 13.9. The van der Waals surface area contributed by atoms with E-state index in [2.05, 4.69) is 26.5 Å². The minimum absolute atomic E-state index is 0.100. The summed E-state index contributed by atoms with van der Waals surface area (Å²) in [4.78, 5) is 11.6. The second-order valence-corrected chi connectivity index (χ2v) is 5.05. The lowest BCUT2D eigenvalue weighted by Gasteiger charge is -2.26. The van der Waals surface area contributed by atoms with Crippen LogP contribution in [0.1, 0.15) is 40.0 Å². The van der Waals surface area contributed by atoms with Gasteiger partial charge in [-0.3, -0.25) is 4.79 Å². The van der Waals surface area contributed by atoms with Crippen molar-refractivity contribution < 1.29 is 9.90 Å². The molecule has 0 aromatic carbocycles. The highest BCUT2D eigenvalue weighted by Gasteiger charge is 2.28. The van der Waals surface area contributed by atoms with Crippen LogP contribution in [0.25, 0.3) is 0 Å². The number of aliphatic hydroxyl groups is 1. The quantitative estimate of drug-likeness (QED) is 0.758. The third kappa shape index (κ3) is 3.97. The van der Waals surface area contributed by atoms with Crippen LogP contribution in [-0.2, 0) is 4.79 Å². The van der Waals surface area contributed by atoms with Gasteiger partial charge in [-0.05, 0) is 45.3 Å². The van der Waals surface area contributed by atoms with Crippen molar-refractivity contribution in [3.63, 3.8) is 0 Å². The normalized spacial score (nSPS) is 24.2. The van der Waals surface area contributed by atoms with Crippen LogP contribution in [0.3, 0.4) is 0 Å². The van der Waals surface area contributed by atoms with Crippen molar-refractivity contribution in [3.8, 4) is 0 Å². The number of carbonyl (C=O) groups excluding carboxylic acids is 1. The first-order valence-electron chi connectivity index (χ1n) is 6.12. The third-order valence-corrected chi connectivity index (χ3v) is 3.22. The van der Waals surface area contributed by atoms with Crippen LogP contribution in [0.2, 0.25) is 0 Å². The van der Waals surface area contributed by atoms with Gasteiger partial charge in [0, 0.05) is 12.3 Å². The summed E-state index contributed by atoms with van der Waals surface area (Å²) in [6.07, 6.45) is 5.43. The molecule has 1 N–H and O–H groups in total. The van der Waals surface area contributed by atoms with Gasteiger partial charge in [-0.25, -0.2) is 0 Å². The van der Waals surface area contributed by atoms with Gasteiger partial charge in [-0.1, -0.05) is 23.8 Å². The van der Waals surface area contributed by atoms with E-state index in [0.29, 0.717) is 12.0 Å². The number of allylic oxidation sites excluding steroid dienone is 3. The number of hydrogen-bond donors (Lipinski definition) is 1. The number of carbonyl (C=O) groups is 1. The van der Waals surface area contributed by atoms with E-state index in [1.165, 1.54) is 5.57 Å². The van der Waals surface area contributed by atoms with E-state index in [0.717, 1.165) is 18.4 Å². The molecule has 2 nitrogen and oxygen atoms in total. The van der Waals surface area contributed by atoms with Gasteiger partial charge in [0.15, 0.2) is 5.78 Å². The summed E-state index contributed by atoms with van der Waals surface area (Å²) in [5.74, 6) is 0.0282. The predicted octanol–water partition coefficient (Wildman–Crippen LogP) is 3.19. The van der Waals surface area contributed by atoms with E-state index < -0.39 is 6.10 Å². The summed E-state index contributed by atoms with van der Waals surface area (Å²) in [5.41, 5.74) is 2.94. The highest BCUT2D eigenvalue weighted by atomic mass is 16.3. The standard InChI is InChI=1S/C15H22O2/c1-10(2)6-5-7-11(3)13-9-14(16)12(4)8-15(13)17/h6,8,13,15,17H,3,5,7,9H2,1-2,4H3/t13-,15+/m1/s1. The Bertz CT molecular complexity index is 370. The summed E-state index contributed by atoms with van der Waals surface area (Å²) in [6.45, 7) is 9.90. The first-order valence-corrected chi connectivity index (χ1v) is 6.12. The molecule has 2 heteroatoms. The Morgan fingerprint density at radius 2 is 2.24 bits per heavy atom. The van der Waals surface area contributed by atoms with Crippen LogP contribution in [0, 0.1) is 5.92 Å². The fourth-order valence-electron chi connectivity index (χ4n) is 2.06. The van der Waals surface area contributed by atoms with E-state index in [9.17, 15) is 9.90 Å². The molecular weight excluding hydrogens is 212 g/mol. The SMILES string of the molecule is C=C(CCC=C(C)C)[C@H]1CC(=O)C(C)=C[C@@H]1O. The van der Waals surface area contributed by atoms with Crippen molar-refractivity contribution >= 4 is 5.78 Å². The maximum Gasteiger partial charge on any atom is 0.159 e. The van der Waals surface area contributed by atoms with E-state index >= 15 is 0 Å². The number of ketones is 1. The van der Waals surface area contributed by atoms with Gasteiger partial charge in [-0.15, -0.1) is 0 Å². The summed E-state index contributed by atoms with van der Waals surface area (Å²) in [5, 5.41) is 9.93. The Balaban J connectivity index is 2.59. The molecule has 0 aromatic heterocycles. The predicted molar refractivity (Wildman–Crippen MR) is 70.7 cm³/mol. The topological polar surface area (TPSA) is 37.3 Å². The molecule has 2 atom stereocenters. The minimum atomic E-state index is -0.549. The zero-order chi connectivity index (χ0) is 13.0. The number of rotatable bonds is 4. The maximum atomic E-state index is 11.6. The lowest BCUT2D eigenvalue weighted by molar-refractivity contribution is -0.117. The van der Waals surface area contributed by atoms with E-state index in [4.69, 9.17) is 0 Å². The van der Waals surface area contributed by atoms with Gasteiger partial charge in [0.2, 0.25) is 0 Å². The first-order chi connectivity index (χ1) is 7.91. The van der Waals surface area contributed by atoms with Crippen molar-refractivity contribution in [2.45, 2.75) is 46.1 Å². The van der Waals surface area contributed by atoms with E-state index in [1.54, 1.807) is 13.0 Å². The molecular formula is C15H22O2. The van der Waals surface area contributed by atoms with Crippen molar-refractivity contribution in [2.75, 3.05) is 0 Å². The molecule has 0 aromatic rings. The van der Waals surface area contributed by atoms with Gasteiger partial charge in [-0.2, -0.15) is 0 Å². The second-order valence-electron chi connectivity index (χ2n) is 5.05. The number of aliphatic hydroxyl groups excluding tert-OH is 1. The summed E-state index contributed by atoms with van der Waals surface area (Å²) in [6, 6.07) is 0. The van der Waals surface area contributed by atoms with Gasteiger partial charge in [0.25, 0.3) is 0 Å². The fraction of sp³-hybridized carbons (Fsp3) is 0.533. The van der Waals surface area contributed by atoms with Gasteiger partial charge < -0.3 is 5.11 Å². The summed E-state index contributed by atoms with van der Waals surface area (Å²) in [7, 11) is 0. The van der Waals surface area contributed by atoms with Gasteiger partial charge >= 0.3 is 0 Å². The average molecular weight is 234 g/mol. The molecule has 1 rings (SSSR count). The molecule has 0 aliphatic heterocycles. The van der Waals surface area contributed by atoms with Crippen LogP contribution in [0.5, 0.6) is 0 Å². The molecule has 1 aliphatic carbocycles. The summed E-state index contributed by atoms with van der Waals surface area (Å²) >= 11 is 0. The molecule has 0 saturated heterocycles. The molecule has 0 radical (unpaired) electrons. The lowest BCUT2D eigenvalue weighted by Crippen LogP contribution is -2.28. The minimum Gasteiger partial charge on any atom is -0.388 e. The van der Waals surface area contributed by atoms with E-state index in [-0.39, 0.29) is 11.7 Å². The molecule has 1 aliphatic rings.